The summed E-state index contributed by atoms with van der Waals surface area (Å²) in [6.45, 7) is 8.49. The summed E-state index contributed by atoms with van der Waals surface area (Å²) in [7, 11) is 0. The van der Waals surface area contributed by atoms with E-state index in [0.29, 0.717) is 5.41 Å². The van der Waals surface area contributed by atoms with Gasteiger partial charge in [0.05, 0.1) is 0 Å². The van der Waals surface area contributed by atoms with Crippen LogP contribution in [0.3, 0.4) is 0 Å². The number of nitrogens with zero attached hydrogens (tertiary/aromatic N) is 1. The molecule has 1 aliphatic rings. The summed E-state index contributed by atoms with van der Waals surface area (Å²) >= 11 is 0. The molecule has 2 heteroatoms. The lowest BCUT2D eigenvalue weighted by molar-refractivity contribution is 0.0940. The number of hydrogen-bond acceptors (Lipinski definition) is 2. The molecule has 0 aromatic heterocycles. The first-order valence-corrected chi connectivity index (χ1v) is 8.72. The Hall–Kier alpha value is -0.860. The summed E-state index contributed by atoms with van der Waals surface area (Å²) in [5, 5.41) is 0. The van der Waals surface area contributed by atoms with Crippen molar-refractivity contribution in [2.75, 3.05) is 19.6 Å². The summed E-state index contributed by atoms with van der Waals surface area (Å²) < 4.78 is 0. The maximum Gasteiger partial charge on any atom is 0.0295 e. The second kappa shape index (κ2) is 7.95. The van der Waals surface area contributed by atoms with Crippen LogP contribution in [0.1, 0.15) is 64.0 Å². The van der Waals surface area contributed by atoms with Gasteiger partial charge < -0.3 is 10.6 Å². The summed E-state index contributed by atoms with van der Waals surface area (Å²) in [4.78, 5) is 2.64. The fourth-order valence-corrected chi connectivity index (χ4v) is 3.61. The van der Waals surface area contributed by atoms with Crippen LogP contribution in [-0.4, -0.2) is 24.5 Å². The fraction of sp³-hybridized carbons (Fsp3) is 0.684. The van der Waals surface area contributed by atoms with Crippen molar-refractivity contribution in [3.8, 4) is 0 Å². The normalized spacial score (nSPS) is 20.3. The highest BCUT2D eigenvalue weighted by Gasteiger charge is 2.30. The van der Waals surface area contributed by atoms with Crippen molar-refractivity contribution in [3.63, 3.8) is 0 Å². The Balaban J connectivity index is 1.68. The highest BCUT2D eigenvalue weighted by Crippen LogP contribution is 2.37. The van der Waals surface area contributed by atoms with E-state index in [2.05, 4.69) is 49.1 Å². The van der Waals surface area contributed by atoms with Crippen LogP contribution in [0, 0.1) is 5.41 Å². The SMILES string of the molecule is CCC1(CC)CCN(CCCC(N)c2ccccc2)CC1. The second-order valence-corrected chi connectivity index (χ2v) is 6.71. The first kappa shape index (κ1) is 16.5. The summed E-state index contributed by atoms with van der Waals surface area (Å²) in [5.41, 5.74) is 8.18. The largest absolute Gasteiger partial charge is 0.324 e. The highest BCUT2D eigenvalue weighted by molar-refractivity contribution is 5.18. The number of likely N-dealkylation sites (tertiary alicyclic amines) is 1. The Kier molecular flexibility index (Phi) is 6.25. The van der Waals surface area contributed by atoms with Crippen LogP contribution >= 0.6 is 0 Å². The summed E-state index contributed by atoms with van der Waals surface area (Å²) in [5.74, 6) is 0. The molecule has 1 saturated heterocycles. The van der Waals surface area contributed by atoms with Gasteiger partial charge in [-0.3, -0.25) is 0 Å². The molecule has 1 unspecified atom stereocenters. The van der Waals surface area contributed by atoms with Gasteiger partial charge in [0.1, 0.15) is 0 Å². The van der Waals surface area contributed by atoms with Crippen molar-refractivity contribution >= 4 is 0 Å². The number of benzene rings is 1. The fourth-order valence-electron chi connectivity index (χ4n) is 3.61. The molecule has 118 valence electrons. The van der Waals surface area contributed by atoms with E-state index in [1.54, 1.807) is 0 Å². The van der Waals surface area contributed by atoms with Crippen LogP contribution in [0.2, 0.25) is 0 Å². The lowest BCUT2D eigenvalue weighted by atomic mass is 9.74. The Bertz CT molecular complexity index is 387. The standard InChI is InChI=1S/C19H32N2/c1-3-19(4-2)12-15-21(16-13-19)14-8-11-18(20)17-9-6-5-7-10-17/h5-7,9-10,18H,3-4,8,11-16,20H2,1-2H3. The molecule has 21 heavy (non-hydrogen) atoms. The van der Waals surface area contributed by atoms with E-state index in [4.69, 9.17) is 5.73 Å². The van der Waals surface area contributed by atoms with Gasteiger partial charge >= 0.3 is 0 Å². The second-order valence-electron chi connectivity index (χ2n) is 6.71. The van der Waals surface area contributed by atoms with Gasteiger partial charge in [-0.25, -0.2) is 0 Å². The molecule has 0 spiro atoms. The highest BCUT2D eigenvalue weighted by atomic mass is 15.1. The monoisotopic (exact) mass is 288 g/mol. The molecule has 1 aromatic rings. The zero-order valence-corrected chi connectivity index (χ0v) is 13.9. The summed E-state index contributed by atoms with van der Waals surface area (Å²) in [6, 6.07) is 10.7. The average Bonchev–Trinajstić information content (AvgIpc) is 2.56. The third-order valence-corrected chi connectivity index (χ3v) is 5.63. The van der Waals surface area contributed by atoms with E-state index in [9.17, 15) is 0 Å². The molecule has 0 aliphatic carbocycles. The van der Waals surface area contributed by atoms with E-state index in [1.165, 1.54) is 57.3 Å². The van der Waals surface area contributed by atoms with Gasteiger partial charge in [-0.2, -0.15) is 0 Å². The van der Waals surface area contributed by atoms with Crippen molar-refractivity contribution < 1.29 is 0 Å². The topological polar surface area (TPSA) is 29.3 Å². The molecule has 1 atom stereocenters. The Morgan fingerprint density at radius 3 is 2.29 bits per heavy atom. The third kappa shape index (κ3) is 4.55. The maximum atomic E-state index is 6.28. The van der Waals surface area contributed by atoms with E-state index in [-0.39, 0.29) is 6.04 Å². The molecule has 0 bridgehead atoms. The van der Waals surface area contributed by atoms with Crippen molar-refractivity contribution in [1.29, 1.82) is 0 Å². The lowest BCUT2D eigenvalue weighted by Crippen LogP contribution is -2.40. The van der Waals surface area contributed by atoms with Gasteiger partial charge in [0.2, 0.25) is 0 Å². The number of nitrogens with two attached hydrogens (primary N) is 1. The van der Waals surface area contributed by atoms with Crippen molar-refractivity contribution in [1.82, 2.24) is 4.90 Å². The van der Waals surface area contributed by atoms with E-state index >= 15 is 0 Å². The van der Waals surface area contributed by atoms with Gasteiger partial charge in [0, 0.05) is 6.04 Å². The smallest absolute Gasteiger partial charge is 0.0295 e. The number of hydrogen-bond donors (Lipinski definition) is 1. The molecular formula is C19H32N2. The van der Waals surface area contributed by atoms with E-state index in [0.717, 1.165) is 6.42 Å². The van der Waals surface area contributed by atoms with Crippen LogP contribution in [-0.2, 0) is 0 Å². The van der Waals surface area contributed by atoms with Crippen LogP contribution in [0.25, 0.3) is 0 Å². The van der Waals surface area contributed by atoms with E-state index in [1.807, 2.05) is 0 Å². The molecule has 2 N–H and O–H groups in total. The predicted molar refractivity (Wildman–Crippen MR) is 91.3 cm³/mol. The Morgan fingerprint density at radius 2 is 1.71 bits per heavy atom. The molecule has 2 nitrogen and oxygen atoms in total. The van der Waals surface area contributed by atoms with Crippen LogP contribution in [0.4, 0.5) is 0 Å². The van der Waals surface area contributed by atoms with Gasteiger partial charge in [-0.1, -0.05) is 57.0 Å². The molecule has 1 fully saturated rings. The Morgan fingerprint density at radius 1 is 1.10 bits per heavy atom. The Labute approximate surface area is 130 Å². The maximum absolute atomic E-state index is 6.28. The van der Waals surface area contributed by atoms with Crippen molar-refractivity contribution in [2.24, 2.45) is 11.1 Å². The minimum atomic E-state index is 0.196. The van der Waals surface area contributed by atoms with Crippen molar-refractivity contribution in [2.45, 2.75) is 58.4 Å². The number of piperidine rings is 1. The van der Waals surface area contributed by atoms with Gasteiger partial charge in [-0.05, 0) is 56.3 Å². The quantitative estimate of drug-likeness (QED) is 0.807. The minimum Gasteiger partial charge on any atom is -0.324 e. The van der Waals surface area contributed by atoms with Gasteiger partial charge in [0.15, 0.2) is 0 Å². The van der Waals surface area contributed by atoms with Crippen molar-refractivity contribution in [3.05, 3.63) is 35.9 Å². The minimum absolute atomic E-state index is 0.196. The molecule has 0 saturated carbocycles. The predicted octanol–water partition coefficient (Wildman–Crippen LogP) is 4.37. The first-order valence-electron chi connectivity index (χ1n) is 8.72. The van der Waals surface area contributed by atoms with Gasteiger partial charge in [0.25, 0.3) is 0 Å². The summed E-state index contributed by atoms with van der Waals surface area (Å²) in [6.07, 6.45) is 7.75. The molecule has 0 amide bonds. The van der Waals surface area contributed by atoms with E-state index < -0.39 is 0 Å². The first-order chi connectivity index (χ1) is 10.2. The lowest BCUT2D eigenvalue weighted by Gasteiger charge is -2.41. The zero-order valence-electron chi connectivity index (χ0n) is 13.9. The molecular weight excluding hydrogens is 256 g/mol. The molecule has 1 aromatic carbocycles. The molecule has 1 heterocycles. The molecule has 0 radical (unpaired) electrons. The van der Waals surface area contributed by atoms with Crippen LogP contribution in [0.15, 0.2) is 30.3 Å². The van der Waals surface area contributed by atoms with Crippen LogP contribution < -0.4 is 5.73 Å². The van der Waals surface area contributed by atoms with Gasteiger partial charge in [-0.15, -0.1) is 0 Å². The zero-order chi connectivity index (χ0) is 15.1. The third-order valence-electron chi connectivity index (χ3n) is 5.63. The number of rotatable bonds is 7. The average molecular weight is 288 g/mol. The van der Waals surface area contributed by atoms with Crippen LogP contribution in [0.5, 0.6) is 0 Å². The molecule has 2 rings (SSSR count). The molecule has 1 aliphatic heterocycles.